The first kappa shape index (κ1) is 44.1. The van der Waals surface area contributed by atoms with Crippen molar-refractivity contribution in [3.8, 4) is 56.1 Å². The topological polar surface area (TPSA) is 16.3 Å². The van der Waals surface area contributed by atoms with Gasteiger partial charge in [-0.3, -0.25) is 0 Å². The second-order valence-electron chi connectivity index (χ2n) is 18.6. The molecule has 2 heterocycles. The van der Waals surface area contributed by atoms with Gasteiger partial charge in [-0.15, -0.1) is 0 Å². The predicted octanol–water partition coefficient (Wildman–Crippen LogP) is 19.2. The maximum absolute atomic E-state index is 2.45. The zero-order valence-corrected chi connectivity index (χ0v) is 40.7. The van der Waals surface area contributed by atoms with Gasteiger partial charge in [0.25, 0.3) is 0 Å². The monoisotopic (exact) mass is 946 g/mol. The molecule has 0 aliphatic carbocycles. The molecular formula is C70H50N4. The number of benzene rings is 11. The Bertz CT molecular complexity index is 3670. The highest BCUT2D eigenvalue weighted by Crippen LogP contribution is 2.42. The highest BCUT2D eigenvalue weighted by molar-refractivity contribution is 6.03. The molecule has 0 bridgehead atoms. The average molecular weight is 947 g/mol. The lowest BCUT2D eigenvalue weighted by Crippen LogP contribution is -2.09. The number of anilines is 6. The van der Waals surface area contributed by atoms with Crippen LogP contribution in [0.4, 0.5) is 34.1 Å². The zero-order valence-electron chi connectivity index (χ0n) is 40.7. The zero-order chi connectivity index (χ0) is 49.2. The van der Waals surface area contributed by atoms with Gasteiger partial charge in [0, 0.05) is 56.3 Å². The summed E-state index contributed by atoms with van der Waals surface area (Å²) in [5.74, 6) is 0. The van der Waals surface area contributed by atoms with Gasteiger partial charge in [-0.05, 0) is 167 Å². The SMILES string of the molecule is c1ccc(-c2cccc(-c3cc4cc5c(cc(-c6cccc(-c7ccccc7)c6)n5-c5ccc(N(c6ccccc6)c6ccccc6)cc5)cc4n3-c3ccc(N(c4ccccc4)c4ccccc4)cc3)c2)cc1. The van der Waals surface area contributed by atoms with Crippen LogP contribution < -0.4 is 9.80 Å². The number of fused-ring (bicyclic) bond motifs is 2. The van der Waals surface area contributed by atoms with Crippen molar-refractivity contribution < 1.29 is 0 Å². The van der Waals surface area contributed by atoms with E-state index >= 15 is 0 Å². The Morgan fingerprint density at radius 1 is 0.203 bits per heavy atom. The van der Waals surface area contributed by atoms with E-state index in [-0.39, 0.29) is 0 Å². The Morgan fingerprint density at radius 2 is 0.473 bits per heavy atom. The van der Waals surface area contributed by atoms with Crippen molar-refractivity contribution in [2.24, 2.45) is 0 Å². The third-order valence-corrected chi connectivity index (χ3v) is 14.0. The minimum absolute atomic E-state index is 1.08. The van der Waals surface area contributed by atoms with E-state index in [0.717, 1.165) is 89.8 Å². The molecule has 0 N–H and O–H groups in total. The number of rotatable bonds is 12. The second kappa shape index (κ2) is 19.4. The fraction of sp³-hybridized carbons (Fsp3) is 0. The number of nitrogens with zero attached hydrogens (tertiary/aromatic N) is 4. The van der Waals surface area contributed by atoms with Gasteiger partial charge in [0.2, 0.25) is 0 Å². The van der Waals surface area contributed by atoms with Crippen LogP contribution in [0.1, 0.15) is 0 Å². The average Bonchev–Trinajstić information content (AvgIpc) is 4.06. The van der Waals surface area contributed by atoms with E-state index in [0.29, 0.717) is 0 Å². The van der Waals surface area contributed by atoms with Crippen LogP contribution in [0.5, 0.6) is 0 Å². The smallest absolute Gasteiger partial charge is 0.0542 e. The molecule has 0 aliphatic heterocycles. The molecule has 350 valence electrons. The van der Waals surface area contributed by atoms with Gasteiger partial charge >= 0.3 is 0 Å². The summed E-state index contributed by atoms with van der Waals surface area (Å²) in [5, 5.41) is 2.30. The third kappa shape index (κ3) is 8.40. The molecule has 11 aromatic carbocycles. The van der Waals surface area contributed by atoms with Gasteiger partial charge in [-0.25, -0.2) is 0 Å². The number of hydrogen-bond acceptors (Lipinski definition) is 2. The summed E-state index contributed by atoms with van der Waals surface area (Å²) >= 11 is 0. The Morgan fingerprint density at radius 3 is 0.797 bits per heavy atom. The highest BCUT2D eigenvalue weighted by atomic mass is 15.1. The molecule has 74 heavy (non-hydrogen) atoms. The molecule has 0 saturated heterocycles. The lowest BCUT2D eigenvalue weighted by molar-refractivity contribution is 1.13. The molecule has 0 radical (unpaired) electrons. The van der Waals surface area contributed by atoms with Crippen molar-refractivity contribution in [1.29, 1.82) is 0 Å². The van der Waals surface area contributed by atoms with E-state index in [1.807, 2.05) is 0 Å². The van der Waals surface area contributed by atoms with Crippen molar-refractivity contribution in [2.45, 2.75) is 0 Å². The Hall–Kier alpha value is -9.90. The molecule has 13 aromatic rings. The van der Waals surface area contributed by atoms with Gasteiger partial charge in [-0.2, -0.15) is 0 Å². The summed E-state index contributed by atoms with van der Waals surface area (Å²) in [5.41, 5.74) is 20.3. The van der Waals surface area contributed by atoms with Crippen LogP contribution in [0.15, 0.2) is 303 Å². The molecule has 0 spiro atoms. The molecule has 0 fully saturated rings. The lowest BCUT2D eigenvalue weighted by Gasteiger charge is -2.25. The molecule has 0 aliphatic rings. The van der Waals surface area contributed by atoms with E-state index in [2.05, 4.69) is 322 Å². The van der Waals surface area contributed by atoms with Gasteiger partial charge in [-0.1, -0.05) is 170 Å². The van der Waals surface area contributed by atoms with Gasteiger partial charge < -0.3 is 18.9 Å². The van der Waals surface area contributed by atoms with Crippen LogP contribution in [0.2, 0.25) is 0 Å². The van der Waals surface area contributed by atoms with Crippen LogP contribution in [-0.2, 0) is 0 Å². The fourth-order valence-corrected chi connectivity index (χ4v) is 10.6. The summed E-state index contributed by atoms with van der Waals surface area (Å²) in [6, 6.07) is 109. The van der Waals surface area contributed by atoms with Crippen LogP contribution in [0.3, 0.4) is 0 Å². The first-order valence-corrected chi connectivity index (χ1v) is 25.2. The quantitative estimate of drug-likeness (QED) is 0.121. The maximum atomic E-state index is 2.45. The van der Waals surface area contributed by atoms with Crippen molar-refractivity contribution >= 4 is 55.9 Å². The van der Waals surface area contributed by atoms with Crippen LogP contribution in [0, 0.1) is 0 Å². The minimum atomic E-state index is 1.08. The van der Waals surface area contributed by atoms with Crippen LogP contribution >= 0.6 is 0 Å². The number of aromatic nitrogens is 2. The van der Waals surface area contributed by atoms with E-state index in [9.17, 15) is 0 Å². The molecule has 0 atom stereocenters. The summed E-state index contributed by atoms with van der Waals surface area (Å²) in [4.78, 5) is 4.63. The van der Waals surface area contributed by atoms with E-state index in [1.54, 1.807) is 0 Å². The Balaban J connectivity index is 1.00. The number of para-hydroxylation sites is 4. The van der Waals surface area contributed by atoms with Crippen LogP contribution in [0.25, 0.3) is 77.9 Å². The van der Waals surface area contributed by atoms with E-state index < -0.39 is 0 Å². The molecule has 13 rings (SSSR count). The highest BCUT2D eigenvalue weighted by Gasteiger charge is 2.21. The lowest BCUT2D eigenvalue weighted by atomic mass is 10.0. The molecule has 4 heteroatoms. The Kier molecular flexibility index (Phi) is 11.5. The van der Waals surface area contributed by atoms with Crippen molar-refractivity contribution in [1.82, 2.24) is 9.13 Å². The standard InChI is InChI=1S/C70H50N4/c1-7-21-51(22-8-1)53-25-19-27-55(45-53)67-47-57-49-70-58(50-69(57)73(67)65-41-37-63(38-42-65)71(59-29-11-3-12-30-59)60-31-13-4-14-32-60)48-68(56-28-20-26-54(46-56)52-23-9-2-10-24-52)74(70)66-43-39-64(40-44-66)72(61-33-15-5-16-34-61)62-35-17-6-18-36-62/h1-50H. The summed E-state index contributed by atoms with van der Waals surface area (Å²) in [7, 11) is 0. The van der Waals surface area contributed by atoms with E-state index in [1.165, 1.54) is 22.3 Å². The third-order valence-electron chi connectivity index (χ3n) is 14.0. The minimum Gasteiger partial charge on any atom is -0.311 e. The molecule has 0 saturated carbocycles. The molecular weight excluding hydrogens is 897 g/mol. The molecule has 4 nitrogen and oxygen atoms in total. The number of hydrogen-bond donors (Lipinski definition) is 0. The largest absolute Gasteiger partial charge is 0.311 e. The van der Waals surface area contributed by atoms with Gasteiger partial charge in [0.05, 0.1) is 22.4 Å². The molecule has 2 aromatic heterocycles. The van der Waals surface area contributed by atoms with Gasteiger partial charge in [0.1, 0.15) is 0 Å². The Labute approximate surface area is 432 Å². The van der Waals surface area contributed by atoms with Crippen molar-refractivity contribution in [2.75, 3.05) is 9.80 Å². The summed E-state index contributed by atoms with van der Waals surface area (Å²) in [6.45, 7) is 0. The maximum Gasteiger partial charge on any atom is 0.0542 e. The predicted molar refractivity (Wildman–Crippen MR) is 311 cm³/mol. The second-order valence-corrected chi connectivity index (χ2v) is 18.6. The summed E-state index contributed by atoms with van der Waals surface area (Å²) < 4.78 is 4.89. The van der Waals surface area contributed by atoms with Crippen LogP contribution in [-0.4, -0.2) is 9.13 Å². The van der Waals surface area contributed by atoms with E-state index in [4.69, 9.17) is 0 Å². The summed E-state index contributed by atoms with van der Waals surface area (Å²) in [6.07, 6.45) is 0. The van der Waals surface area contributed by atoms with Crippen molar-refractivity contribution in [3.63, 3.8) is 0 Å². The fourth-order valence-electron chi connectivity index (χ4n) is 10.6. The van der Waals surface area contributed by atoms with Gasteiger partial charge in [0.15, 0.2) is 0 Å². The molecule has 0 amide bonds. The molecule has 0 unspecified atom stereocenters. The van der Waals surface area contributed by atoms with Crippen molar-refractivity contribution in [3.05, 3.63) is 303 Å². The first-order valence-electron chi connectivity index (χ1n) is 25.2. The normalized spacial score (nSPS) is 11.2. The first-order chi connectivity index (χ1) is 36.7.